The standard InChI is InChI=1S/C16H26N2O2S/c1-4-15(17)16(14-8-6-5-7-12(14)2)18-9-10-21(19,20)11-13(18)3/h5-8,13,15-16H,4,9-11,17H2,1-3H3. The maximum Gasteiger partial charge on any atom is 0.153 e. The maximum atomic E-state index is 11.8. The van der Waals surface area contributed by atoms with Gasteiger partial charge in [-0.2, -0.15) is 0 Å². The minimum Gasteiger partial charge on any atom is -0.326 e. The molecule has 3 atom stereocenters. The Kier molecular flexibility index (Phi) is 5.07. The maximum absolute atomic E-state index is 11.8. The molecule has 1 aromatic carbocycles. The quantitative estimate of drug-likeness (QED) is 0.922. The molecule has 21 heavy (non-hydrogen) atoms. The fourth-order valence-corrected chi connectivity index (χ4v) is 4.80. The molecule has 118 valence electrons. The summed E-state index contributed by atoms with van der Waals surface area (Å²) in [7, 11) is -2.91. The number of sulfone groups is 1. The van der Waals surface area contributed by atoms with Crippen LogP contribution < -0.4 is 5.73 Å². The van der Waals surface area contributed by atoms with E-state index in [-0.39, 0.29) is 29.6 Å². The minimum atomic E-state index is -2.91. The second kappa shape index (κ2) is 6.46. The van der Waals surface area contributed by atoms with Gasteiger partial charge in [0.25, 0.3) is 0 Å². The molecule has 0 spiro atoms. The number of hydrogen-bond acceptors (Lipinski definition) is 4. The van der Waals surface area contributed by atoms with E-state index in [1.807, 2.05) is 19.1 Å². The van der Waals surface area contributed by atoms with Crippen LogP contribution >= 0.6 is 0 Å². The summed E-state index contributed by atoms with van der Waals surface area (Å²) in [6.07, 6.45) is 0.870. The van der Waals surface area contributed by atoms with Gasteiger partial charge in [0, 0.05) is 18.6 Å². The average molecular weight is 310 g/mol. The van der Waals surface area contributed by atoms with E-state index in [4.69, 9.17) is 5.73 Å². The van der Waals surface area contributed by atoms with E-state index >= 15 is 0 Å². The van der Waals surface area contributed by atoms with E-state index < -0.39 is 9.84 Å². The van der Waals surface area contributed by atoms with E-state index in [9.17, 15) is 8.42 Å². The predicted octanol–water partition coefficient (Wildman–Crippen LogP) is 1.89. The van der Waals surface area contributed by atoms with Crippen LogP contribution in [0.1, 0.15) is 37.4 Å². The molecule has 1 saturated heterocycles. The largest absolute Gasteiger partial charge is 0.326 e. The molecule has 2 rings (SSSR count). The van der Waals surface area contributed by atoms with Crippen LogP contribution in [0.25, 0.3) is 0 Å². The van der Waals surface area contributed by atoms with Gasteiger partial charge in [-0.05, 0) is 31.4 Å². The van der Waals surface area contributed by atoms with Gasteiger partial charge in [-0.3, -0.25) is 4.90 Å². The minimum absolute atomic E-state index is 0.00551. The van der Waals surface area contributed by atoms with E-state index in [2.05, 4.69) is 30.9 Å². The summed E-state index contributed by atoms with van der Waals surface area (Å²) in [5.74, 6) is 0.460. The highest BCUT2D eigenvalue weighted by Crippen LogP contribution is 2.31. The van der Waals surface area contributed by atoms with Gasteiger partial charge in [0.2, 0.25) is 0 Å². The Bertz CT molecular complexity index is 586. The molecule has 1 aliphatic rings. The van der Waals surface area contributed by atoms with Gasteiger partial charge in [-0.15, -0.1) is 0 Å². The second-order valence-electron chi connectivity index (χ2n) is 6.07. The number of benzene rings is 1. The van der Waals surface area contributed by atoms with Crippen LogP contribution in [0.3, 0.4) is 0 Å². The topological polar surface area (TPSA) is 63.4 Å². The highest BCUT2D eigenvalue weighted by atomic mass is 32.2. The summed E-state index contributed by atoms with van der Waals surface area (Å²) < 4.78 is 23.6. The molecule has 0 amide bonds. The predicted molar refractivity (Wildman–Crippen MR) is 87.0 cm³/mol. The van der Waals surface area contributed by atoms with Crippen molar-refractivity contribution in [1.82, 2.24) is 4.90 Å². The highest BCUT2D eigenvalue weighted by molar-refractivity contribution is 7.91. The second-order valence-corrected chi connectivity index (χ2v) is 8.30. The molecule has 3 unspecified atom stereocenters. The van der Waals surface area contributed by atoms with Crippen molar-refractivity contribution in [2.24, 2.45) is 5.73 Å². The van der Waals surface area contributed by atoms with E-state index in [0.717, 1.165) is 6.42 Å². The molecule has 0 saturated carbocycles. The zero-order valence-electron chi connectivity index (χ0n) is 13.1. The van der Waals surface area contributed by atoms with Crippen LogP contribution in [0.4, 0.5) is 0 Å². The molecule has 4 nitrogen and oxygen atoms in total. The molecule has 0 bridgehead atoms. The van der Waals surface area contributed by atoms with Crippen molar-refractivity contribution >= 4 is 9.84 Å². The number of aryl methyl sites for hydroxylation is 1. The molecular formula is C16H26N2O2S. The zero-order chi connectivity index (χ0) is 15.6. The number of hydrogen-bond donors (Lipinski definition) is 1. The van der Waals surface area contributed by atoms with E-state index in [1.165, 1.54) is 11.1 Å². The molecule has 1 fully saturated rings. The van der Waals surface area contributed by atoms with Crippen LogP contribution in [0.15, 0.2) is 24.3 Å². The smallest absolute Gasteiger partial charge is 0.153 e. The summed E-state index contributed by atoms with van der Waals surface area (Å²) in [5, 5.41) is 0. The molecule has 0 radical (unpaired) electrons. The van der Waals surface area contributed by atoms with Gasteiger partial charge < -0.3 is 5.73 Å². The third-order valence-corrected chi connectivity index (χ3v) is 6.26. The van der Waals surface area contributed by atoms with Crippen LogP contribution in [0, 0.1) is 6.92 Å². The lowest BCUT2D eigenvalue weighted by Crippen LogP contribution is -2.52. The average Bonchev–Trinajstić information content (AvgIpc) is 2.42. The lowest BCUT2D eigenvalue weighted by molar-refractivity contribution is 0.134. The van der Waals surface area contributed by atoms with Gasteiger partial charge in [0.05, 0.1) is 17.5 Å². The summed E-state index contributed by atoms with van der Waals surface area (Å²) in [6.45, 7) is 6.73. The third-order valence-electron chi connectivity index (χ3n) is 4.46. The monoisotopic (exact) mass is 310 g/mol. The van der Waals surface area contributed by atoms with Gasteiger partial charge in [0.1, 0.15) is 0 Å². The van der Waals surface area contributed by atoms with Crippen molar-refractivity contribution in [3.63, 3.8) is 0 Å². The number of nitrogens with two attached hydrogens (primary N) is 1. The van der Waals surface area contributed by atoms with Crippen molar-refractivity contribution in [3.05, 3.63) is 35.4 Å². The van der Waals surface area contributed by atoms with Gasteiger partial charge in [-0.1, -0.05) is 31.2 Å². The Balaban J connectivity index is 2.36. The van der Waals surface area contributed by atoms with Gasteiger partial charge in [-0.25, -0.2) is 8.42 Å². The molecule has 0 aromatic heterocycles. The fourth-order valence-electron chi connectivity index (χ4n) is 3.22. The van der Waals surface area contributed by atoms with Crippen LogP contribution in [0.2, 0.25) is 0 Å². The molecule has 0 aliphatic carbocycles. The van der Waals surface area contributed by atoms with Crippen molar-refractivity contribution in [2.75, 3.05) is 18.1 Å². The summed E-state index contributed by atoms with van der Waals surface area (Å²) in [6, 6.07) is 8.36. The lowest BCUT2D eigenvalue weighted by Gasteiger charge is -2.42. The highest BCUT2D eigenvalue weighted by Gasteiger charge is 2.36. The zero-order valence-corrected chi connectivity index (χ0v) is 13.9. The van der Waals surface area contributed by atoms with Crippen LogP contribution in [-0.2, 0) is 9.84 Å². The molecule has 1 heterocycles. The molecule has 2 N–H and O–H groups in total. The van der Waals surface area contributed by atoms with Crippen LogP contribution in [-0.4, -0.2) is 43.5 Å². The Hall–Kier alpha value is -0.910. The SMILES string of the molecule is CCC(N)C(c1ccccc1C)N1CCS(=O)(=O)CC1C. The first kappa shape index (κ1) is 16.5. The third kappa shape index (κ3) is 3.65. The summed E-state index contributed by atoms with van der Waals surface area (Å²) in [5.41, 5.74) is 8.82. The number of nitrogens with zero attached hydrogens (tertiary/aromatic N) is 1. The van der Waals surface area contributed by atoms with Gasteiger partial charge in [0.15, 0.2) is 9.84 Å². The molecule has 1 aliphatic heterocycles. The normalized spacial score (nSPS) is 25.4. The molecule has 5 heteroatoms. The van der Waals surface area contributed by atoms with E-state index in [1.54, 1.807) is 0 Å². The first-order valence-electron chi connectivity index (χ1n) is 7.63. The van der Waals surface area contributed by atoms with Gasteiger partial charge >= 0.3 is 0 Å². The Morgan fingerprint density at radius 2 is 2.05 bits per heavy atom. The van der Waals surface area contributed by atoms with Crippen molar-refractivity contribution in [1.29, 1.82) is 0 Å². The summed E-state index contributed by atoms with van der Waals surface area (Å²) >= 11 is 0. The van der Waals surface area contributed by atoms with Crippen molar-refractivity contribution < 1.29 is 8.42 Å². The first-order chi connectivity index (χ1) is 9.85. The fraction of sp³-hybridized carbons (Fsp3) is 0.625. The number of rotatable bonds is 4. The Morgan fingerprint density at radius 3 is 2.62 bits per heavy atom. The van der Waals surface area contributed by atoms with Crippen molar-refractivity contribution in [3.8, 4) is 0 Å². The lowest BCUT2D eigenvalue weighted by atomic mass is 9.92. The van der Waals surface area contributed by atoms with Crippen LogP contribution in [0.5, 0.6) is 0 Å². The Morgan fingerprint density at radius 1 is 1.38 bits per heavy atom. The summed E-state index contributed by atoms with van der Waals surface area (Å²) in [4.78, 5) is 2.28. The molecule has 1 aromatic rings. The molecular weight excluding hydrogens is 284 g/mol. The van der Waals surface area contributed by atoms with E-state index in [0.29, 0.717) is 6.54 Å². The first-order valence-corrected chi connectivity index (χ1v) is 9.45. The Labute approximate surface area is 128 Å². The van der Waals surface area contributed by atoms with Crippen molar-refractivity contribution in [2.45, 2.75) is 45.3 Å².